The largest absolute Gasteiger partial charge is 0.480 e. The van der Waals surface area contributed by atoms with E-state index in [1.165, 1.54) is 16.7 Å². The second-order valence-electron chi connectivity index (χ2n) is 6.86. The van der Waals surface area contributed by atoms with E-state index < -0.39 is 35.9 Å². The molecule has 9 nitrogen and oxygen atoms in total. The van der Waals surface area contributed by atoms with Crippen molar-refractivity contribution in [2.24, 2.45) is 11.7 Å². The Morgan fingerprint density at radius 2 is 1.93 bits per heavy atom. The Labute approximate surface area is 163 Å². The number of nitrogens with zero attached hydrogens (tertiary/aromatic N) is 1. The smallest absolute Gasteiger partial charge is 0.326 e. The van der Waals surface area contributed by atoms with Crippen LogP contribution < -0.4 is 16.4 Å². The number of carboxylic acid groups (broad SMARTS) is 1. The zero-order valence-electron chi connectivity index (χ0n) is 16.1. The van der Waals surface area contributed by atoms with E-state index in [1.54, 1.807) is 13.8 Å². The summed E-state index contributed by atoms with van der Waals surface area (Å²) in [4.78, 5) is 49.9. The zero-order valence-corrected chi connectivity index (χ0v) is 16.9. The first-order chi connectivity index (χ1) is 12.7. The summed E-state index contributed by atoms with van der Waals surface area (Å²) in [5, 5.41) is 14.5. The minimum absolute atomic E-state index is 0.173. The molecule has 1 aliphatic heterocycles. The average Bonchev–Trinajstić information content (AvgIpc) is 3.11. The lowest BCUT2D eigenvalue weighted by molar-refractivity contribution is -0.143. The molecule has 5 N–H and O–H groups in total. The molecule has 0 aromatic rings. The lowest BCUT2D eigenvalue weighted by atomic mass is 10.0. The van der Waals surface area contributed by atoms with Crippen molar-refractivity contribution in [3.63, 3.8) is 0 Å². The number of amides is 3. The van der Waals surface area contributed by atoms with Crippen molar-refractivity contribution in [1.29, 1.82) is 0 Å². The Kier molecular flexibility index (Phi) is 9.57. The summed E-state index contributed by atoms with van der Waals surface area (Å²) in [5.74, 6) is -2.03. The molecular formula is C17H30N4O5S. The minimum Gasteiger partial charge on any atom is -0.480 e. The highest BCUT2D eigenvalue weighted by Gasteiger charge is 2.36. The molecule has 1 saturated heterocycles. The van der Waals surface area contributed by atoms with E-state index >= 15 is 0 Å². The number of carboxylic acids is 1. The average molecular weight is 403 g/mol. The standard InChI is InChI=1S/C17H30N4O5S/c1-10(2)14(16(24)19-11(17(25)26)6-8-27-3)20-15(23)12-5-4-7-21(12)13(22)9-18/h10-12,14H,4-9,18H2,1-3H3,(H,19,24)(H,20,23)(H,25,26). The van der Waals surface area contributed by atoms with Gasteiger partial charge in [0.1, 0.15) is 18.1 Å². The van der Waals surface area contributed by atoms with Crippen LogP contribution >= 0.6 is 11.8 Å². The van der Waals surface area contributed by atoms with Crippen molar-refractivity contribution < 1.29 is 24.3 Å². The SMILES string of the molecule is CSCCC(NC(=O)C(NC(=O)C1CCCN1C(=O)CN)C(C)C)C(=O)O. The van der Waals surface area contributed by atoms with Crippen molar-refractivity contribution in [1.82, 2.24) is 15.5 Å². The topological polar surface area (TPSA) is 142 Å². The van der Waals surface area contributed by atoms with Gasteiger partial charge in [-0.05, 0) is 37.2 Å². The van der Waals surface area contributed by atoms with Crippen molar-refractivity contribution in [2.75, 3.05) is 25.1 Å². The second-order valence-corrected chi connectivity index (χ2v) is 7.85. The summed E-state index contributed by atoms with van der Waals surface area (Å²) in [7, 11) is 0. The number of hydrogen-bond acceptors (Lipinski definition) is 6. The fourth-order valence-electron chi connectivity index (χ4n) is 2.99. The first-order valence-electron chi connectivity index (χ1n) is 9.04. The van der Waals surface area contributed by atoms with E-state index in [1.807, 2.05) is 6.26 Å². The summed E-state index contributed by atoms with van der Waals surface area (Å²) < 4.78 is 0. The van der Waals surface area contributed by atoms with Crippen LogP contribution in [0.25, 0.3) is 0 Å². The van der Waals surface area contributed by atoms with Crippen molar-refractivity contribution >= 4 is 35.5 Å². The number of aliphatic carboxylic acids is 1. The number of likely N-dealkylation sites (tertiary alicyclic amines) is 1. The van der Waals surface area contributed by atoms with Gasteiger partial charge in [-0.25, -0.2) is 4.79 Å². The predicted octanol–water partition coefficient (Wildman–Crippen LogP) is -0.601. The first kappa shape index (κ1) is 23.2. The molecule has 0 spiro atoms. The number of hydrogen-bond donors (Lipinski definition) is 4. The van der Waals surface area contributed by atoms with Crippen LogP contribution in [0.1, 0.15) is 33.1 Å². The normalized spacial score (nSPS) is 18.9. The number of nitrogens with one attached hydrogen (secondary N) is 2. The van der Waals surface area contributed by atoms with Gasteiger partial charge in [-0.1, -0.05) is 13.8 Å². The molecule has 3 amide bonds. The molecule has 0 aliphatic carbocycles. The molecular weight excluding hydrogens is 372 g/mol. The van der Waals surface area contributed by atoms with Crippen LogP contribution in [0.3, 0.4) is 0 Å². The van der Waals surface area contributed by atoms with Crippen molar-refractivity contribution in [3.8, 4) is 0 Å². The molecule has 1 rings (SSSR count). The van der Waals surface area contributed by atoms with Gasteiger partial charge in [0.15, 0.2) is 0 Å². The molecule has 0 aromatic carbocycles. The minimum atomic E-state index is -1.11. The van der Waals surface area contributed by atoms with Crippen LogP contribution in [0.15, 0.2) is 0 Å². The highest BCUT2D eigenvalue weighted by Crippen LogP contribution is 2.18. The Hall–Kier alpha value is -1.81. The zero-order chi connectivity index (χ0) is 20.6. The molecule has 10 heteroatoms. The summed E-state index contributed by atoms with van der Waals surface area (Å²) in [6.45, 7) is 3.81. The van der Waals surface area contributed by atoms with Gasteiger partial charge in [0.05, 0.1) is 6.54 Å². The summed E-state index contributed by atoms with van der Waals surface area (Å²) >= 11 is 1.49. The van der Waals surface area contributed by atoms with E-state index in [0.29, 0.717) is 31.6 Å². The lowest BCUT2D eigenvalue weighted by Crippen LogP contribution is -2.57. The third kappa shape index (κ3) is 6.69. The molecule has 0 saturated carbocycles. The van der Waals surface area contributed by atoms with Crippen LogP contribution in [0.4, 0.5) is 0 Å². The fraction of sp³-hybridized carbons (Fsp3) is 0.765. The highest BCUT2D eigenvalue weighted by atomic mass is 32.2. The molecule has 1 fully saturated rings. The van der Waals surface area contributed by atoms with Gasteiger partial charge >= 0.3 is 5.97 Å². The summed E-state index contributed by atoms with van der Waals surface area (Å²) in [6.07, 6.45) is 3.35. The Morgan fingerprint density at radius 3 is 2.44 bits per heavy atom. The molecule has 0 bridgehead atoms. The van der Waals surface area contributed by atoms with Crippen molar-refractivity contribution in [2.45, 2.75) is 51.2 Å². The van der Waals surface area contributed by atoms with Gasteiger partial charge in [-0.3, -0.25) is 14.4 Å². The highest BCUT2D eigenvalue weighted by molar-refractivity contribution is 7.98. The number of carbonyl (C=O) groups is 4. The molecule has 27 heavy (non-hydrogen) atoms. The van der Waals surface area contributed by atoms with Gasteiger partial charge in [0, 0.05) is 6.54 Å². The van der Waals surface area contributed by atoms with E-state index in [2.05, 4.69) is 10.6 Å². The van der Waals surface area contributed by atoms with E-state index in [9.17, 15) is 24.3 Å². The molecule has 154 valence electrons. The van der Waals surface area contributed by atoms with Crippen LogP contribution in [-0.4, -0.2) is 76.9 Å². The van der Waals surface area contributed by atoms with E-state index in [-0.39, 0.29) is 18.4 Å². The van der Waals surface area contributed by atoms with Crippen LogP contribution in [0.5, 0.6) is 0 Å². The molecule has 0 radical (unpaired) electrons. The maximum atomic E-state index is 12.6. The number of nitrogens with two attached hydrogens (primary N) is 1. The number of rotatable bonds is 10. The molecule has 3 unspecified atom stereocenters. The molecule has 0 aromatic heterocycles. The van der Waals surface area contributed by atoms with Crippen LogP contribution in [-0.2, 0) is 19.2 Å². The Balaban J connectivity index is 2.79. The van der Waals surface area contributed by atoms with Crippen molar-refractivity contribution in [3.05, 3.63) is 0 Å². The monoisotopic (exact) mass is 402 g/mol. The quantitative estimate of drug-likeness (QED) is 0.382. The lowest BCUT2D eigenvalue weighted by Gasteiger charge is -2.28. The van der Waals surface area contributed by atoms with Gasteiger partial charge in [0.25, 0.3) is 0 Å². The van der Waals surface area contributed by atoms with E-state index in [4.69, 9.17) is 5.73 Å². The molecule has 3 atom stereocenters. The van der Waals surface area contributed by atoms with Crippen LogP contribution in [0.2, 0.25) is 0 Å². The maximum absolute atomic E-state index is 12.6. The first-order valence-corrected chi connectivity index (χ1v) is 10.4. The van der Waals surface area contributed by atoms with Gasteiger partial charge in [-0.15, -0.1) is 0 Å². The van der Waals surface area contributed by atoms with E-state index in [0.717, 1.165) is 0 Å². The number of carbonyl (C=O) groups excluding carboxylic acids is 3. The third-order valence-electron chi connectivity index (χ3n) is 4.52. The fourth-order valence-corrected chi connectivity index (χ4v) is 3.47. The Morgan fingerprint density at radius 1 is 1.26 bits per heavy atom. The molecule has 1 aliphatic rings. The third-order valence-corrected chi connectivity index (χ3v) is 5.17. The van der Waals surface area contributed by atoms with Gasteiger partial charge in [0.2, 0.25) is 17.7 Å². The predicted molar refractivity (Wildman–Crippen MR) is 103 cm³/mol. The summed E-state index contributed by atoms with van der Waals surface area (Å²) in [5.41, 5.74) is 5.39. The molecule has 1 heterocycles. The van der Waals surface area contributed by atoms with Gasteiger partial charge in [-0.2, -0.15) is 11.8 Å². The summed E-state index contributed by atoms with van der Waals surface area (Å²) in [6, 6.07) is -2.55. The van der Waals surface area contributed by atoms with Crippen LogP contribution in [0, 0.1) is 5.92 Å². The Bertz CT molecular complexity index is 557. The number of thioether (sulfide) groups is 1. The maximum Gasteiger partial charge on any atom is 0.326 e. The second kappa shape index (κ2) is 11.1. The van der Waals surface area contributed by atoms with Gasteiger partial charge < -0.3 is 26.4 Å².